The molecule has 150 valence electrons. The molecule has 0 saturated heterocycles. The van der Waals surface area contributed by atoms with E-state index < -0.39 is 21.4 Å². The van der Waals surface area contributed by atoms with Crippen molar-refractivity contribution in [2.75, 3.05) is 0 Å². The third-order valence-corrected chi connectivity index (χ3v) is 6.64. The minimum Gasteiger partial charge on any atom is -0.508 e. The van der Waals surface area contributed by atoms with E-state index in [2.05, 4.69) is 0 Å². The first-order valence-corrected chi connectivity index (χ1v) is 10.2. The first kappa shape index (κ1) is 18.7. The summed E-state index contributed by atoms with van der Waals surface area (Å²) in [6.07, 6.45) is 0. The van der Waals surface area contributed by atoms with Gasteiger partial charge >= 0.3 is 5.97 Å². The van der Waals surface area contributed by atoms with Gasteiger partial charge in [-0.2, -0.15) is 0 Å². The van der Waals surface area contributed by atoms with Crippen LogP contribution in [0.2, 0.25) is 0 Å². The van der Waals surface area contributed by atoms with E-state index in [0.717, 1.165) is 0 Å². The number of rotatable bonds is 2. The summed E-state index contributed by atoms with van der Waals surface area (Å²) in [5.74, 6) is -0.622. The molecular formula is C22H14INO6. The second kappa shape index (κ2) is 6.36. The van der Waals surface area contributed by atoms with Crippen LogP contribution in [0.4, 0.5) is 0 Å². The third-order valence-electron chi connectivity index (χ3n) is 5.36. The molecule has 1 atom stereocenters. The fourth-order valence-electron chi connectivity index (χ4n) is 4.14. The number of phenols is 2. The van der Waals surface area contributed by atoms with Gasteiger partial charge in [0.1, 0.15) is 26.9 Å². The van der Waals surface area contributed by atoms with Gasteiger partial charge in [0.15, 0.2) is 5.60 Å². The van der Waals surface area contributed by atoms with Crippen molar-refractivity contribution in [3.05, 3.63) is 82.4 Å². The third kappa shape index (κ3) is 2.43. The number of nitrogens with two attached hydrogens (primary N) is 1. The van der Waals surface area contributed by atoms with E-state index in [1.54, 1.807) is 30.3 Å². The van der Waals surface area contributed by atoms with Crippen molar-refractivity contribution < 1.29 is 29.3 Å². The van der Waals surface area contributed by atoms with Crippen LogP contribution in [0.1, 0.15) is 36.5 Å². The molecule has 2 heterocycles. The Morgan fingerprint density at radius 2 is 1.57 bits per heavy atom. The van der Waals surface area contributed by atoms with Crippen LogP contribution in [0.3, 0.4) is 0 Å². The van der Waals surface area contributed by atoms with E-state index in [1.165, 1.54) is 24.3 Å². The number of alkyl halides is 1. The van der Waals surface area contributed by atoms with E-state index in [9.17, 15) is 19.8 Å². The van der Waals surface area contributed by atoms with Gasteiger partial charge in [0, 0.05) is 28.8 Å². The lowest BCUT2D eigenvalue weighted by Crippen LogP contribution is -2.32. The summed E-state index contributed by atoms with van der Waals surface area (Å²) in [6.45, 7) is 0. The Labute approximate surface area is 184 Å². The van der Waals surface area contributed by atoms with Crippen molar-refractivity contribution in [2.24, 2.45) is 5.73 Å². The maximum absolute atomic E-state index is 13.1. The molecule has 7 nitrogen and oxygen atoms in total. The molecule has 0 fully saturated rings. The Balaban J connectivity index is 1.87. The van der Waals surface area contributed by atoms with Crippen LogP contribution in [0, 0.1) is 0 Å². The van der Waals surface area contributed by atoms with Crippen molar-refractivity contribution in [1.29, 1.82) is 0 Å². The predicted molar refractivity (Wildman–Crippen MR) is 114 cm³/mol. The summed E-state index contributed by atoms with van der Waals surface area (Å²) in [5, 5.41) is 19.9. The van der Waals surface area contributed by atoms with Crippen LogP contribution in [0.25, 0.3) is 0 Å². The van der Waals surface area contributed by atoms with Crippen LogP contribution in [-0.2, 0) is 15.1 Å². The number of amides is 1. The number of ether oxygens (including phenoxy) is 2. The fraction of sp³-hybridized carbons (Fsp3) is 0.0909. The highest BCUT2D eigenvalue weighted by Crippen LogP contribution is 2.57. The Morgan fingerprint density at radius 3 is 2.13 bits per heavy atom. The quantitative estimate of drug-likeness (QED) is 0.273. The molecule has 0 saturated carbocycles. The number of carbonyl (C=O) groups is 2. The Bertz CT molecular complexity index is 1200. The number of primary amides is 1. The van der Waals surface area contributed by atoms with Crippen molar-refractivity contribution in [1.82, 2.24) is 0 Å². The molecule has 0 aromatic heterocycles. The SMILES string of the molecule is NC(=O)C(I)c1cccc2c1C(=O)OC21c2ccc(O)cc2Oc2cc(O)ccc21. The van der Waals surface area contributed by atoms with Gasteiger partial charge in [-0.15, -0.1) is 0 Å². The largest absolute Gasteiger partial charge is 0.508 e. The number of fused-ring (bicyclic) bond motifs is 6. The minimum atomic E-state index is -1.36. The maximum Gasteiger partial charge on any atom is 0.340 e. The Hall–Kier alpha value is -3.27. The molecule has 0 aliphatic carbocycles. The van der Waals surface area contributed by atoms with Gasteiger partial charge in [-0.05, 0) is 29.8 Å². The van der Waals surface area contributed by atoms with Crippen molar-refractivity contribution in [3.63, 3.8) is 0 Å². The number of esters is 1. The van der Waals surface area contributed by atoms with Gasteiger partial charge < -0.3 is 25.4 Å². The summed E-state index contributed by atoms with van der Waals surface area (Å²) in [7, 11) is 0. The van der Waals surface area contributed by atoms with Crippen LogP contribution in [0.15, 0.2) is 54.6 Å². The van der Waals surface area contributed by atoms with Crippen molar-refractivity contribution in [2.45, 2.75) is 9.53 Å². The molecule has 2 aliphatic heterocycles. The fourth-order valence-corrected chi connectivity index (χ4v) is 4.66. The molecule has 0 bridgehead atoms. The lowest BCUT2D eigenvalue weighted by Gasteiger charge is -2.36. The van der Waals surface area contributed by atoms with Crippen molar-refractivity contribution >= 4 is 34.5 Å². The molecule has 3 aromatic rings. The molecule has 0 radical (unpaired) electrons. The molecule has 8 heteroatoms. The number of phenolic OH excluding ortho intramolecular Hbond substituents is 2. The van der Waals surface area contributed by atoms with Gasteiger partial charge in [0.25, 0.3) is 0 Å². The summed E-state index contributed by atoms with van der Waals surface area (Å²) >= 11 is 1.90. The first-order chi connectivity index (χ1) is 14.3. The van der Waals surface area contributed by atoms with Gasteiger partial charge in [-0.25, -0.2) is 4.79 Å². The predicted octanol–water partition coefficient (Wildman–Crippen LogP) is 3.63. The van der Waals surface area contributed by atoms with E-state index in [-0.39, 0.29) is 17.1 Å². The molecule has 5 rings (SSSR count). The monoisotopic (exact) mass is 515 g/mol. The van der Waals surface area contributed by atoms with E-state index in [4.69, 9.17) is 15.2 Å². The van der Waals surface area contributed by atoms with Crippen LogP contribution >= 0.6 is 22.6 Å². The molecule has 3 aromatic carbocycles. The highest BCUT2D eigenvalue weighted by atomic mass is 127. The lowest BCUT2D eigenvalue weighted by molar-refractivity contribution is -0.117. The minimum absolute atomic E-state index is 0.0214. The standard InChI is InChI=1S/C22H14INO6/c23-19(20(24)27)12-2-1-3-15-18(12)21(28)30-22(15)13-6-4-10(25)8-16(13)29-17-9-11(26)5-7-14(17)22/h1-9,19,25-26H,(H2,24,27). The number of hydrogen-bond acceptors (Lipinski definition) is 6. The zero-order valence-electron chi connectivity index (χ0n) is 15.3. The van der Waals surface area contributed by atoms with E-state index >= 15 is 0 Å². The summed E-state index contributed by atoms with van der Waals surface area (Å²) in [5.41, 5.74) is 6.45. The topological polar surface area (TPSA) is 119 Å². The molecular weight excluding hydrogens is 501 g/mol. The smallest absolute Gasteiger partial charge is 0.340 e. The first-order valence-electron chi connectivity index (χ1n) is 8.98. The van der Waals surface area contributed by atoms with E-state index in [1.807, 2.05) is 22.6 Å². The highest BCUT2D eigenvalue weighted by Gasteiger charge is 2.54. The maximum atomic E-state index is 13.1. The second-order valence-electron chi connectivity index (χ2n) is 7.07. The van der Waals surface area contributed by atoms with Crippen LogP contribution in [-0.4, -0.2) is 22.1 Å². The van der Waals surface area contributed by atoms with Gasteiger partial charge in [0.05, 0.1) is 5.56 Å². The number of aromatic hydroxyl groups is 2. The summed E-state index contributed by atoms with van der Waals surface area (Å²) in [6, 6.07) is 14.2. The average molecular weight is 515 g/mol. The Morgan fingerprint density at radius 1 is 0.967 bits per heavy atom. The number of benzene rings is 3. The van der Waals surface area contributed by atoms with E-state index in [0.29, 0.717) is 33.8 Å². The lowest BCUT2D eigenvalue weighted by atomic mass is 9.77. The average Bonchev–Trinajstić information content (AvgIpc) is 3.00. The summed E-state index contributed by atoms with van der Waals surface area (Å²) < 4.78 is 11.2. The second-order valence-corrected chi connectivity index (χ2v) is 8.31. The van der Waals surface area contributed by atoms with Crippen LogP contribution < -0.4 is 10.5 Å². The van der Waals surface area contributed by atoms with Gasteiger partial charge in [0.2, 0.25) is 5.91 Å². The molecule has 2 aliphatic rings. The number of halogens is 1. The molecule has 1 amide bonds. The Kier molecular flexibility index (Phi) is 3.97. The van der Waals surface area contributed by atoms with Gasteiger partial charge in [-0.3, -0.25) is 4.79 Å². The number of carbonyl (C=O) groups excluding carboxylic acids is 2. The molecule has 30 heavy (non-hydrogen) atoms. The molecule has 1 spiro atoms. The molecule has 4 N–H and O–H groups in total. The normalized spacial score (nSPS) is 16.1. The zero-order chi connectivity index (χ0) is 21.2. The van der Waals surface area contributed by atoms with Gasteiger partial charge in [-0.1, -0.05) is 40.8 Å². The van der Waals surface area contributed by atoms with Crippen LogP contribution in [0.5, 0.6) is 23.0 Å². The number of hydrogen-bond donors (Lipinski definition) is 3. The zero-order valence-corrected chi connectivity index (χ0v) is 17.4. The van der Waals surface area contributed by atoms with Crippen molar-refractivity contribution in [3.8, 4) is 23.0 Å². The highest BCUT2D eigenvalue weighted by molar-refractivity contribution is 14.1. The summed E-state index contributed by atoms with van der Waals surface area (Å²) in [4.78, 5) is 25.0. The molecule has 1 unspecified atom stereocenters.